The van der Waals surface area contributed by atoms with E-state index in [9.17, 15) is 9.59 Å². The summed E-state index contributed by atoms with van der Waals surface area (Å²) in [5.41, 5.74) is 1.87. The van der Waals surface area contributed by atoms with E-state index in [0.717, 1.165) is 30.8 Å². The molecule has 1 aromatic heterocycles. The lowest BCUT2D eigenvalue weighted by Crippen LogP contribution is -2.33. The number of hydrogen-bond acceptors (Lipinski definition) is 4. The molecule has 1 N–H and O–H groups in total. The topological polar surface area (TPSA) is 67.2 Å². The van der Waals surface area contributed by atoms with Gasteiger partial charge in [-0.1, -0.05) is 30.3 Å². The smallest absolute Gasteiger partial charge is 0.268 e. The second kappa shape index (κ2) is 7.32. The Morgan fingerprint density at radius 3 is 2.73 bits per heavy atom. The number of carbonyl (C=O) groups excluding carboxylic acids is 1. The fourth-order valence-corrected chi connectivity index (χ4v) is 3.42. The summed E-state index contributed by atoms with van der Waals surface area (Å²) in [4.78, 5) is 26.7. The number of aromatic nitrogens is 2. The molecule has 1 unspecified atom stereocenters. The van der Waals surface area contributed by atoms with Gasteiger partial charge in [0.05, 0.1) is 17.8 Å². The molecule has 0 bridgehead atoms. The molecule has 26 heavy (non-hydrogen) atoms. The number of amides is 1. The molecule has 2 aromatic rings. The molecule has 6 nitrogen and oxygen atoms in total. The van der Waals surface area contributed by atoms with Crippen molar-refractivity contribution in [3.63, 3.8) is 0 Å². The quantitative estimate of drug-likeness (QED) is 0.861. The Morgan fingerprint density at radius 2 is 2.00 bits per heavy atom. The van der Waals surface area contributed by atoms with Crippen LogP contribution in [-0.4, -0.2) is 28.8 Å². The van der Waals surface area contributed by atoms with Gasteiger partial charge in [0, 0.05) is 32.2 Å². The molecule has 1 saturated heterocycles. The van der Waals surface area contributed by atoms with Gasteiger partial charge in [-0.2, -0.15) is 5.10 Å². The van der Waals surface area contributed by atoms with Gasteiger partial charge in [0.1, 0.15) is 0 Å². The largest absolute Gasteiger partial charge is 0.369 e. The maximum Gasteiger partial charge on any atom is 0.268 e. The average molecular weight is 352 g/mol. The van der Waals surface area contributed by atoms with E-state index in [0.29, 0.717) is 19.0 Å². The minimum Gasteiger partial charge on any atom is -0.369 e. The van der Waals surface area contributed by atoms with Crippen molar-refractivity contribution in [3.8, 4) is 0 Å². The van der Waals surface area contributed by atoms with Crippen LogP contribution in [-0.2, 0) is 17.9 Å². The summed E-state index contributed by atoms with van der Waals surface area (Å²) < 4.78 is 1.56. The van der Waals surface area contributed by atoms with Crippen LogP contribution in [0.2, 0.25) is 0 Å². The molecule has 1 amide bonds. The van der Waals surface area contributed by atoms with Crippen LogP contribution in [0, 0.1) is 11.8 Å². The summed E-state index contributed by atoms with van der Waals surface area (Å²) in [7, 11) is 0. The SMILES string of the molecule is O=C(NCc1ccccc1)C1CCN(c2cnn(CC3CC3)c(=O)c2)C1. The molecule has 1 aliphatic heterocycles. The van der Waals surface area contributed by atoms with Crippen molar-refractivity contribution in [2.75, 3.05) is 18.0 Å². The van der Waals surface area contributed by atoms with Crippen molar-refractivity contribution in [1.29, 1.82) is 0 Å². The minimum atomic E-state index is -0.0496. The predicted molar refractivity (Wildman–Crippen MR) is 99.8 cm³/mol. The van der Waals surface area contributed by atoms with Crippen molar-refractivity contribution < 1.29 is 4.79 Å². The Bertz CT molecular complexity index is 829. The first-order valence-electron chi connectivity index (χ1n) is 9.33. The predicted octanol–water partition coefficient (Wildman–Crippen LogP) is 1.80. The second-order valence-corrected chi connectivity index (χ2v) is 7.31. The Morgan fingerprint density at radius 1 is 1.19 bits per heavy atom. The summed E-state index contributed by atoms with van der Waals surface area (Å²) in [5, 5.41) is 7.33. The maximum absolute atomic E-state index is 12.4. The zero-order valence-electron chi connectivity index (χ0n) is 14.8. The minimum absolute atomic E-state index is 0.0485. The summed E-state index contributed by atoms with van der Waals surface area (Å²) in [6, 6.07) is 11.6. The first-order valence-corrected chi connectivity index (χ1v) is 9.33. The lowest BCUT2D eigenvalue weighted by atomic mass is 10.1. The summed E-state index contributed by atoms with van der Waals surface area (Å²) in [5.74, 6) is 0.648. The van der Waals surface area contributed by atoms with E-state index in [1.54, 1.807) is 16.9 Å². The number of nitrogens with zero attached hydrogens (tertiary/aromatic N) is 3. The molecule has 1 aliphatic carbocycles. The van der Waals surface area contributed by atoms with Crippen LogP contribution in [0.1, 0.15) is 24.8 Å². The summed E-state index contributed by atoms with van der Waals surface area (Å²) in [6.45, 7) is 2.68. The number of carbonyl (C=O) groups is 1. The fourth-order valence-electron chi connectivity index (χ4n) is 3.42. The molecule has 1 saturated carbocycles. The Hall–Kier alpha value is -2.63. The highest BCUT2D eigenvalue weighted by Gasteiger charge is 2.29. The third kappa shape index (κ3) is 3.95. The Kier molecular flexibility index (Phi) is 4.73. The third-order valence-corrected chi connectivity index (χ3v) is 5.22. The van der Waals surface area contributed by atoms with Crippen molar-refractivity contribution >= 4 is 11.6 Å². The van der Waals surface area contributed by atoms with Gasteiger partial charge in [0.15, 0.2) is 0 Å². The fraction of sp³-hybridized carbons (Fsp3) is 0.450. The van der Waals surface area contributed by atoms with Crippen LogP contribution < -0.4 is 15.8 Å². The van der Waals surface area contributed by atoms with E-state index in [1.807, 2.05) is 30.3 Å². The molecule has 2 heterocycles. The first-order chi connectivity index (χ1) is 12.7. The summed E-state index contributed by atoms with van der Waals surface area (Å²) in [6.07, 6.45) is 4.95. The molecule has 136 valence electrons. The van der Waals surface area contributed by atoms with E-state index in [4.69, 9.17) is 0 Å². The molecule has 4 rings (SSSR count). The highest BCUT2D eigenvalue weighted by Crippen LogP contribution is 2.30. The highest BCUT2D eigenvalue weighted by atomic mass is 16.2. The van der Waals surface area contributed by atoms with Crippen molar-refractivity contribution in [2.45, 2.75) is 32.4 Å². The van der Waals surface area contributed by atoms with Crippen LogP contribution >= 0.6 is 0 Å². The normalized spacial score (nSPS) is 19.5. The van der Waals surface area contributed by atoms with Gasteiger partial charge in [-0.05, 0) is 30.7 Å². The molecular weight excluding hydrogens is 328 g/mol. The van der Waals surface area contributed by atoms with Gasteiger partial charge in [-0.15, -0.1) is 0 Å². The zero-order valence-corrected chi connectivity index (χ0v) is 14.8. The number of hydrogen-bond donors (Lipinski definition) is 1. The van der Waals surface area contributed by atoms with Gasteiger partial charge in [0.2, 0.25) is 5.91 Å². The van der Waals surface area contributed by atoms with Gasteiger partial charge < -0.3 is 10.2 Å². The van der Waals surface area contributed by atoms with Gasteiger partial charge in [-0.3, -0.25) is 9.59 Å². The third-order valence-electron chi connectivity index (χ3n) is 5.22. The van der Waals surface area contributed by atoms with Crippen LogP contribution in [0.3, 0.4) is 0 Å². The molecule has 2 aliphatic rings. The van der Waals surface area contributed by atoms with Crippen LogP contribution in [0.4, 0.5) is 5.69 Å². The van der Waals surface area contributed by atoms with E-state index >= 15 is 0 Å². The van der Waals surface area contributed by atoms with Crippen molar-refractivity contribution in [3.05, 3.63) is 58.5 Å². The lowest BCUT2D eigenvalue weighted by Gasteiger charge is -2.18. The van der Waals surface area contributed by atoms with Crippen LogP contribution in [0.25, 0.3) is 0 Å². The number of anilines is 1. The average Bonchev–Trinajstić information content (AvgIpc) is 3.34. The maximum atomic E-state index is 12.4. The number of benzene rings is 1. The molecular formula is C20H24N4O2. The molecule has 6 heteroatoms. The van der Waals surface area contributed by atoms with Gasteiger partial charge in [-0.25, -0.2) is 4.68 Å². The van der Waals surface area contributed by atoms with E-state index in [2.05, 4.69) is 15.3 Å². The van der Waals surface area contributed by atoms with Gasteiger partial charge >= 0.3 is 0 Å². The molecule has 0 spiro atoms. The second-order valence-electron chi connectivity index (χ2n) is 7.31. The molecule has 0 radical (unpaired) electrons. The van der Waals surface area contributed by atoms with Crippen molar-refractivity contribution in [2.24, 2.45) is 11.8 Å². The highest BCUT2D eigenvalue weighted by molar-refractivity contribution is 5.80. The van der Waals surface area contributed by atoms with E-state index in [1.165, 1.54) is 12.8 Å². The Balaban J connectivity index is 1.33. The van der Waals surface area contributed by atoms with Crippen LogP contribution in [0.15, 0.2) is 47.4 Å². The molecule has 2 fully saturated rings. The van der Waals surface area contributed by atoms with E-state index < -0.39 is 0 Å². The summed E-state index contributed by atoms with van der Waals surface area (Å²) >= 11 is 0. The lowest BCUT2D eigenvalue weighted by molar-refractivity contribution is -0.124. The van der Waals surface area contributed by atoms with Crippen molar-refractivity contribution in [1.82, 2.24) is 15.1 Å². The molecule has 1 aromatic carbocycles. The van der Waals surface area contributed by atoms with Gasteiger partial charge in [0.25, 0.3) is 5.56 Å². The first kappa shape index (κ1) is 16.8. The standard InChI is InChI=1S/C20H24N4O2/c25-19-10-18(12-22-24(19)13-16-6-7-16)23-9-8-17(14-23)20(26)21-11-15-4-2-1-3-5-15/h1-5,10,12,16-17H,6-9,11,13-14H2,(H,21,26). The number of rotatable bonds is 6. The number of nitrogens with one attached hydrogen (secondary N) is 1. The monoisotopic (exact) mass is 352 g/mol. The zero-order chi connectivity index (χ0) is 17.9. The molecule has 1 atom stereocenters. The van der Waals surface area contributed by atoms with Crippen LogP contribution in [0.5, 0.6) is 0 Å². The Labute approximate surface area is 152 Å². The van der Waals surface area contributed by atoms with E-state index in [-0.39, 0.29) is 17.4 Å².